The lowest BCUT2D eigenvalue weighted by molar-refractivity contribution is -0.117. The number of nitrogens with zero attached hydrogens (tertiary/aromatic N) is 2. The van der Waals surface area contributed by atoms with Gasteiger partial charge in [0.25, 0.3) is 11.9 Å². The van der Waals surface area contributed by atoms with E-state index in [0.29, 0.717) is 35.9 Å². The van der Waals surface area contributed by atoms with Gasteiger partial charge in [-0.2, -0.15) is 4.99 Å². The number of aliphatic imine (C=N–C) groups is 2. The molecule has 1 aliphatic rings. The summed E-state index contributed by atoms with van der Waals surface area (Å²) in [5.74, 6) is -0.149. The molecule has 1 aliphatic heterocycles. The summed E-state index contributed by atoms with van der Waals surface area (Å²) in [4.78, 5) is 21.7. The van der Waals surface area contributed by atoms with Gasteiger partial charge in [0, 0.05) is 23.8 Å². The van der Waals surface area contributed by atoms with Gasteiger partial charge in [-0.1, -0.05) is 54.6 Å². The van der Waals surface area contributed by atoms with Crippen molar-refractivity contribution in [3.05, 3.63) is 95.6 Å². The summed E-state index contributed by atoms with van der Waals surface area (Å²) in [5.41, 5.74) is 9.22. The maximum atomic E-state index is 12.9. The Labute approximate surface area is 202 Å². The summed E-state index contributed by atoms with van der Waals surface area (Å²) in [6, 6.07) is 23.3. The fourth-order valence-corrected chi connectivity index (χ4v) is 3.44. The van der Waals surface area contributed by atoms with E-state index in [1.807, 2.05) is 48.5 Å². The van der Waals surface area contributed by atoms with E-state index in [4.69, 9.17) is 25.4 Å². The molecule has 3 aromatic carbocycles. The van der Waals surface area contributed by atoms with Crippen molar-refractivity contribution in [2.45, 2.75) is 6.17 Å². The number of amidine groups is 1. The Bertz CT molecular complexity index is 1270. The van der Waals surface area contributed by atoms with E-state index in [0.717, 1.165) is 11.1 Å². The number of carbonyl (C=O) groups excluding carboxylic acids is 1. The molecule has 1 heterocycles. The minimum Gasteiger partial charge on any atom is -0.491 e. The number of anilines is 1. The third-order valence-electron chi connectivity index (χ3n) is 5.08. The van der Waals surface area contributed by atoms with Gasteiger partial charge in [-0.15, -0.1) is 0 Å². The number of rotatable bonds is 7. The molecule has 1 atom stereocenters. The summed E-state index contributed by atoms with van der Waals surface area (Å²) in [6.07, 6.45) is -1.20. The minimum absolute atomic E-state index is 0.243. The number of carbonyl (C=O) groups is 1. The highest BCUT2D eigenvalue weighted by Crippen LogP contribution is 2.24. The highest BCUT2D eigenvalue weighted by molar-refractivity contribution is 6.19. The average Bonchev–Trinajstić information content (AvgIpc) is 3.01. The van der Waals surface area contributed by atoms with Crippen molar-refractivity contribution in [2.24, 2.45) is 15.7 Å². The van der Waals surface area contributed by atoms with Crippen LogP contribution in [0.25, 0.3) is 0 Å². The molecular formula is C26H25N5O4. The molecule has 0 bridgehead atoms. The Morgan fingerprint density at radius 2 is 1.83 bits per heavy atom. The zero-order valence-electron chi connectivity index (χ0n) is 19.1. The van der Waals surface area contributed by atoms with Gasteiger partial charge in [0.1, 0.15) is 12.4 Å². The largest absolute Gasteiger partial charge is 0.491 e. The molecular weight excluding hydrogens is 446 g/mol. The number of benzene rings is 3. The Kier molecular flexibility index (Phi) is 7.49. The average molecular weight is 472 g/mol. The molecule has 0 saturated heterocycles. The van der Waals surface area contributed by atoms with Gasteiger partial charge < -0.3 is 25.3 Å². The Morgan fingerprint density at radius 3 is 2.63 bits per heavy atom. The van der Waals surface area contributed by atoms with Crippen LogP contribution in [0, 0.1) is 5.41 Å². The molecule has 0 saturated carbocycles. The lowest BCUT2D eigenvalue weighted by Crippen LogP contribution is -2.29. The number of amides is 1. The zero-order chi connectivity index (χ0) is 24.6. The molecule has 4 rings (SSSR count). The summed E-state index contributed by atoms with van der Waals surface area (Å²) in [7, 11) is 1.59. The summed E-state index contributed by atoms with van der Waals surface area (Å²) >= 11 is 0. The van der Waals surface area contributed by atoms with Gasteiger partial charge in [-0.3, -0.25) is 10.2 Å². The van der Waals surface area contributed by atoms with Gasteiger partial charge in [-0.25, -0.2) is 4.99 Å². The van der Waals surface area contributed by atoms with Crippen molar-refractivity contribution in [3.63, 3.8) is 0 Å². The number of nitrogens with one attached hydrogen (secondary N) is 2. The number of para-hydroxylation sites is 1. The quantitative estimate of drug-likeness (QED) is 0.277. The van der Waals surface area contributed by atoms with E-state index in [9.17, 15) is 4.79 Å². The van der Waals surface area contributed by atoms with Crippen LogP contribution in [-0.4, -0.2) is 50.0 Å². The summed E-state index contributed by atoms with van der Waals surface area (Å²) in [6.45, 7) is 0.815. The predicted molar refractivity (Wildman–Crippen MR) is 134 cm³/mol. The number of methoxy groups -OCH3 is 1. The van der Waals surface area contributed by atoms with Gasteiger partial charge in [-0.05, 0) is 24.3 Å². The third-order valence-corrected chi connectivity index (χ3v) is 5.08. The molecule has 35 heavy (non-hydrogen) atoms. The highest BCUT2D eigenvalue weighted by atomic mass is 16.5. The topological polar surface area (TPSA) is 131 Å². The fourth-order valence-electron chi connectivity index (χ4n) is 3.44. The third kappa shape index (κ3) is 5.90. The lowest BCUT2D eigenvalue weighted by atomic mass is 10.0. The number of hydrogen-bond donors (Lipinski definition) is 3. The molecule has 1 amide bonds. The van der Waals surface area contributed by atoms with Gasteiger partial charge >= 0.3 is 0 Å². The minimum atomic E-state index is -1.20. The fraction of sp³-hybridized carbons (Fsp3) is 0.154. The Hall–Kier alpha value is -4.50. The van der Waals surface area contributed by atoms with Crippen LogP contribution >= 0.6 is 0 Å². The standard InChI is InChI=1S/C26H25N5O4/c1-33-14-15-34-19-11-7-10-18(16-19)23(27)35-26(28)31-24-25(32)29-21-13-6-5-12-20(21)22(30-24)17-8-3-2-4-9-17/h2-13,16,24,27H,14-15H2,1H3,(H2,28,31)(H,29,32). The van der Waals surface area contributed by atoms with Crippen LogP contribution in [-0.2, 0) is 14.3 Å². The van der Waals surface area contributed by atoms with Gasteiger partial charge in [0.15, 0.2) is 0 Å². The van der Waals surface area contributed by atoms with Crippen molar-refractivity contribution in [1.82, 2.24) is 0 Å². The summed E-state index contributed by atoms with van der Waals surface area (Å²) in [5, 5.41) is 11.1. The van der Waals surface area contributed by atoms with Crippen LogP contribution in [0.3, 0.4) is 0 Å². The molecule has 0 aromatic heterocycles. The molecule has 0 aliphatic carbocycles. The lowest BCUT2D eigenvalue weighted by Gasteiger charge is -2.11. The SMILES string of the molecule is COCCOc1cccc(C(=N)O/C(N)=N/C2N=C(c3ccccc3)c3ccccc3NC2=O)c1. The monoisotopic (exact) mass is 471 g/mol. The van der Waals surface area contributed by atoms with Crippen LogP contribution in [0.1, 0.15) is 16.7 Å². The number of fused-ring (bicyclic) bond motifs is 1. The Morgan fingerprint density at radius 1 is 1.06 bits per heavy atom. The molecule has 0 spiro atoms. The maximum Gasteiger partial charge on any atom is 0.291 e. The van der Waals surface area contributed by atoms with Crippen molar-refractivity contribution in [3.8, 4) is 5.75 Å². The molecule has 4 N–H and O–H groups in total. The van der Waals surface area contributed by atoms with E-state index < -0.39 is 12.1 Å². The smallest absolute Gasteiger partial charge is 0.291 e. The first kappa shape index (κ1) is 23.7. The number of hydrogen-bond acceptors (Lipinski definition) is 7. The van der Waals surface area contributed by atoms with E-state index in [1.54, 1.807) is 37.4 Å². The number of benzodiazepines with no additional fused rings is 1. The van der Waals surface area contributed by atoms with E-state index in [1.165, 1.54) is 0 Å². The number of nitrogens with two attached hydrogens (primary N) is 1. The van der Waals surface area contributed by atoms with E-state index in [2.05, 4.69) is 15.3 Å². The molecule has 9 heteroatoms. The molecule has 0 fully saturated rings. The summed E-state index contributed by atoms with van der Waals surface area (Å²) < 4.78 is 15.9. The van der Waals surface area contributed by atoms with Crippen molar-refractivity contribution < 1.29 is 19.0 Å². The maximum absolute atomic E-state index is 12.9. The molecule has 3 aromatic rings. The van der Waals surface area contributed by atoms with Crippen LogP contribution < -0.4 is 15.8 Å². The molecule has 0 radical (unpaired) electrons. The second kappa shape index (κ2) is 11.1. The number of ether oxygens (including phenoxy) is 3. The molecule has 9 nitrogen and oxygen atoms in total. The highest BCUT2D eigenvalue weighted by Gasteiger charge is 2.26. The van der Waals surface area contributed by atoms with E-state index in [-0.39, 0.29) is 11.9 Å². The van der Waals surface area contributed by atoms with Crippen molar-refractivity contribution in [2.75, 3.05) is 25.6 Å². The van der Waals surface area contributed by atoms with Crippen molar-refractivity contribution in [1.29, 1.82) is 5.41 Å². The normalized spacial score (nSPS) is 15.3. The van der Waals surface area contributed by atoms with Gasteiger partial charge in [0.2, 0.25) is 12.1 Å². The van der Waals surface area contributed by atoms with Crippen LogP contribution in [0.4, 0.5) is 5.69 Å². The van der Waals surface area contributed by atoms with Crippen LogP contribution in [0.15, 0.2) is 88.8 Å². The van der Waals surface area contributed by atoms with Gasteiger partial charge in [0.05, 0.1) is 18.0 Å². The van der Waals surface area contributed by atoms with Crippen molar-refractivity contribution >= 4 is 29.2 Å². The molecule has 178 valence electrons. The first-order valence-corrected chi connectivity index (χ1v) is 10.9. The first-order valence-electron chi connectivity index (χ1n) is 10.9. The second-order valence-corrected chi connectivity index (χ2v) is 7.52. The van der Waals surface area contributed by atoms with Crippen LogP contribution in [0.2, 0.25) is 0 Å². The van der Waals surface area contributed by atoms with E-state index >= 15 is 0 Å². The zero-order valence-corrected chi connectivity index (χ0v) is 19.1. The van der Waals surface area contributed by atoms with Crippen LogP contribution in [0.5, 0.6) is 5.75 Å². The first-order chi connectivity index (χ1) is 17.0. The molecule has 1 unspecified atom stereocenters. The second-order valence-electron chi connectivity index (χ2n) is 7.52. The predicted octanol–water partition coefficient (Wildman–Crippen LogP) is 3.18. The Balaban J connectivity index is 1.57.